The SMILES string of the molecule is COc1ccccc1N=CC(OC(C)=O)c1cccs1. The number of nitrogens with zero attached hydrogens (tertiary/aromatic N) is 1. The summed E-state index contributed by atoms with van der Waals surface area (Å²) < 4.78 is 10.5. The molecule has 1 heterocycles. The molecule has 0 bridgehead atoms. The van der Waals surface area contributed by atoms with Crippen molar-refractivity contribution in [2.24, 2.45) is 4.99 Å². The molecule has 1 aromatic heterocycles. The first-order chi connectivity index (χ1) is 9.70. The van der Waals surface area contributed by atoms with Gasteiger partial charge < -0.3 is 9.47 Å². The molecule has 104 valence electrons. The van der Waals surface area contributed by atoms with Crippen LogP contribution in [0.25, 0.3) is 0 Å². The van der Waals surface area contributed by atoms with E-state index in [9.17, 15) is 4.79 Å². The highest BCUT2D eigenvalue weighted by Gasteiger charge is 2.13. The highest BCUT2D eigenvalue weighted by molar-refractivity contribution is 7.10. The summed E-state index contributed by atoms with van der Waals surface area (Å²) in [4.78, 5) is 16.5. The Labute approximate surface area is 121 Å². The van der Waals surface area contributed by atoms with Gasteiger partial charge in [0.2, 0.25) is 0 Å². The average Bonchev–Trinajstić information content (AvgIpc) is 2.97. The van der Waals surface area contributed by atoms with Crippen LogP contribution in [0.15, 0.2) is 46.8 Å². The predicted octanol–water partition coefficient (Wildman–Crippen LogP) is 3.76. The normalized spacial score (nSPS) is 12.3. The maximum atomic E-state index is 11.2. The zero-order valence-electron chi connectivity index (χ0n) is 11.3. The number of carbonyl (C=O) groups excluding carboxylic acids is 1. The predicted molar refractivity (Wildman–Crippen MR) is 80.0 cm³/mol. The first-order valence-electron chi connectivity index (χ1n) is 6.08. The van der Waals surface area contributed by atoms with Crippen molar-refractivity contribution in [2.75, 3.05) is 7.11 Å². The quantitative estimate of drug-likeness (QED) is 0.622. The van der Waals surface area contributed by atoms with E-state index in [0.717, 1.165) is 4.88 Å². The monoisotopic (exact) mass is 289 g/mol. The van der Waals surface area contributed by atoms with Crippen LogP contribution in [-0.2, 0) is 9.53 Å². The van der Waals surface area contributed by atoms with Gasteiger partial charge in [-0.1, -0.05) is 18.2 Å². The van der Waals surface area contributed by atoms with E-state index < -0.39 is 6.10 Å². The summed E-state index contributed by atoms with van der Waals surface area (Å²) >= 11 is 1.52. The van der Waals surface area contributed by atoms with Crippen molar-refractivity contribution in [3.8, 4) is 5.75 Å². The van der Waals surface area contributed by atoms with Crippen LogP contribution in [0, 0.1) is 0 Å². The van der Waals surface area contributed by atoms with Crippen molar-refractivity contribution in [1.82, 2.24) is 0 Å². The van der Waals surface area contributed by atoms with Crippen molar-refractivity contribution in [3.05, 3.63) is 46.7 Å². The molecule has 1 aromatic carbocycles. The van der Waals surface area contributed by atoms with E-state index in [2.05, 4.69) is 4.99 Å². The van der Waals surface area contributed by atoms with Crippen LogP contribution in [0.2, 0.25) is 0 Å². The Morgan fingerprint density at radius 1 is 1.30 bits per heavy atom. The number of rotatable bonds is 5. The lowest BCUT2D eigenvalue weighted by Gasteiger charge is -2.10. The van der Waals surface area contributed by atoms with Gasteiger partial charge in [-0.15, -0.1) is 11.3 Å². The third kappa shape index (κ3) is 3.68. The van der Waals surface area contributed by atoms with Crippen LogP contribution in [0.3, 0.4) is 0 Å². The molecule has 0 radical (unpaired) electrons. The van der Waals surface area contributed by atoms with Crippen LogP contribution in [0.5, 0.6) is 5.75 Å². The fourth-order valence-electron chi connectivity index (χ4n) is 1.68. The van der Waals surface area contributed by atoms with Crippen LogP contribution in [0.4, 0.5) is 5.69 Å². The first-order valence-corrected chi connectivity index (χ1v) is 6.96. The van der Waals surface area contributed by atoms with Crippen LogP contribution in [-0.4, -0.2) is 19.3 Å². The molecule has 0 aliphatic carbocycles. The second kappa shape index (κ2) is 6.86. The molecule has 4 nitrogen and oxygen atoms in total. The number of hydrogen-bond donors (Lipinski definition) is 0. The van der Waals surface area contributed by atoms with E-state index >= 15 is 0 Å². The number of aliphatic imine (C=N–C) groups is 1. The lowest BCUT2D eigenvalue weighted by molar-refractivity contribution is -0.143. The number of thiophene rings is 1. The van der Waals surface area contributed by atoms with Gasteiger partial charge in [0.05, 0.1) is 18.2 Å². The Hall–Kier alpha value is -2.14. The second-order valence-electron chi connectivity index (χ2n) is 4.00. The summed E-state index contributed by atoms with van der Waals surface area (Å²) in [5, 5.41) is 1.93. The number of benzene rings is 1. The Morgan fingerprint density at radius 3 is 2.75 bits per heavy atom. The van der Waals surface area contributed by atoms with Gasteiger partial charge in [0.15, 0.2) is 6.10 Å². The highest BCUT2D eigenvalue weighted by Crippen LogP contribution is 2.28. The fraction of sp³-hybridized carbons (Fsp3) is 0.200. The maximum absolute atomic E-state index is 11.2. The third-order valence-corrected chi connectivity index (χ3v) is 3.48. The molecule has 0 saturated heterocycles. The van der Waals surface area contributed by atoms with Crippen molar-refractivity contribution < 1.29 is 14.3 Å². The Kier molecular flexibility index (Phi) is 4.90. The molecule has 1 atom stereocenters. The van der Waals surface area contributed by atoms with Crippen LogP contribution < -0.4 is 4.74 Å². The molecule has 0 spiro atoms. The van der Waals surface area contributed by atoms with Crippen molar-refractivity contribution in [2.45, 2.75) is 13.0 Å². The van der Waals surface area contributed by atoms with E-state index in [-0.39, 0.29) is 5.97 Å². The largest absolute Gasteiger partial charge is 0.494 e. The van der Waals surface area contributed by atoms with Crippen LogP contribution in [0.1, 0.15) is 17.9 Å². The molecule has 0 fully saturated rings. The summed E-state index contributed by atoms with van der Waals surface area (Å²) in [5.41, 5.74) is 0.698. The molecule has 20 heavy (non-hydrogen) atoms. The third-order valence-electron chi connectivity index (χ3n) is 2.55. The van der Waals surface area contributed by atoms with E-state index in [1.807, 2.05) is 41.8 Å². The van der Waals surface area contributed by atoms with Gasteiger partial charge >= 0.3 is 5.97 Å². The molecule has 0 saturated carbocycles. The Morgan fingerprint density at radius 2 is 2.10 bits per heavy atom. The van der Waals surface area contributed by atoms with Gasteiger partial charge in [-0.25, -0.2) is 0 Å². The molecule has 2 rings (SSSR count). The molecule has 5 heteroatoms. The molecule has 0 aliphatic rings. The average molecular weight is 289 g/mol. The molecule has 0 amide bonds. The Bertz CT molecular complexity index is 593. The number of methoxy groups -OCH3 is 1. The topological polar surface area (TPSA) is 47.9 Å². The second-order valence-corrected chi connectivity index (χ2v) is 4.97. The van der Waals surface area contributed by atoms with E-state index in [1.165, 1.54) is 18.3 Å². The summed E-state index contributed by atoms with van der Waals surface area (Å²) in [6, 6.07) is 11.2. The van der Waals surface area contributed by atoms with Crippen molar-refractivity contribution in [3.63, 3.8) is 0 Å². The van der Waals surface area contributed by atoms with Crippen LogP contribution >= 0.6 is 11.3 Å². The molecule has 0 aliphatic heterocycles. The smallest absolute Gasteiger partial charge is 0.303 e. The standard InChI is InChI=1S/C15H15NO3S/c1-11(17)19-14(15-8-5-9-20-15)10-16-12-6-3-4-7-13(12)18-2/h3-10,14H,1-2H3. The minimum absolute atomic E-state index is 0.338. The lowest BCUT2D eigenvalue weighted by Crippen LogP contribution is -2.08. The van der Waals surface area contributed by atoms with Crippen molar-refractivity contribution in [1.29, 1.82) is 0 Å². The summed E-state index contributed by atoms with van der Waals surface area (Å²) in [5.74, 6) is 0.339. The van der Waals surface area contributed by atoms with Crippen molar-refractivity contribution >= 4 is 29.2 Å². The molecular formula is C15H15NO3S. The molecule has 0 N–H and O–H groups in total. The van der Waals surface area contributed by atoms with Gasteiger partial charge in [-0.3, -0.25) is 9.79 Å². The van der Waals surface area contributed by atoms with Gasteiger partial charge in [-0.2, -0.15) is 0 Å². The lowest BCUT2D eigenvalue weighted by atomic mass is 10.3. The fourth-order valence-corrected chi connectivity index (χ4v) is 2.39. The maximum Gasteiger partial charge on any atom is 0.303 e. The number of esters is 1. The van der Waals surface area contributed by atoms with Gasteiger partial charge in [0.1, 0.15) is 11.4 Å². The molecular weight excluding hydrogens is 274 g/mol. The summed E-state index contributed by atoms with van der Waals surface area (Å²) in [6.07, 6.45) is 1.14. The number of hydrogen-bond acceptors (Lipinski definition) is 5. The summed E-state index contributed by atoms with van der Waals surface area (Å²) in [7, 11) is 1.59. The Balaban J connectivity index is 2.23. The molecule has 2 aromatic rings. The number of ether oxygens (including phenoxy) is 2. The van der Waals surface area contributed by atoms with Gasteiger partial charge in [-0.05, 0) is 23.6 Å². The summed E-state index contributed by atoms with van der Waals surface area (Å²) in [6.45, 7) is 1.39. The van der Waals surface area contributed by atoms with E-state index in [0.29, 0.717) is 11.4 Å². The minimum Gasteiger partial charge on any atom is -0.494 e. The number of para-hydroxylation sites is 2. The zero-order valence-corrected chi connectivity index (χ0v) is 12.1. The first kappa shape index (κ1) is 14.3. The highest BCUT2D eigenvalue weighted by atomic mass is 32.1. The zero-order chi connectivity index (χ0) is 14.4. The van der Waals surface area contributed by atoms with E-state index in [1.54, 1.807) is 13.3 Å². The molecule has 1 unspecified atom stereocenters. The van der Waals surface area contributed by atoms with Gasteiger partial charge in [0.25, 0.3) is 0 Å². The van der Waals surface area contributed by atoms with E-state index in [4.69, 9.17) is 9.47 Å². The minimum atomic E-state index is -0.475. The van der Waals surface area contributed by atoms with Gasteiger partial charge in [0, 0.05) is 6.92 Å². The number of carbonyl (C=O) groups is 1.